The lowest BCUT2D eigenvalue weighted by atomic mass is 10.0. The molecular weight excluding hydrogens is 230 g/mol. The molecule has 1 saturated heterocycles. The number of nitrogens with two attached hydrogens (primary N) is 1. The average Bonchev–Trinajstić information content (AvgIpc) is 2.81. The highest BCUT2D eigenvalue weighted by atomic mass is 32.1. The van der Waals surface area contributed by atoms with Gasteiger partial charge >= 0.3 is 0 Å². The summed E-state index contributed by atoms with van der Waals surface area (Å²) in [6.45, 7) is 6.16. The Hall–Kier alpha value is -0.190. The van der Waals surface area contributed by atoms with Gasteiger partial charge in [0, 0.05) is 26.1 Å². The molecule has 2 N–H and O–H groups in total. The third kappa shape index (κ3) is 4.19. The van der Waals surface area contributed by atoms with Crippen LogP contribution in [0.25, 0.3) is 0 Å². The Morgan fingerprint density at radius 3 is 2.53 bits per heavy atom. The third-order valence-electron chi connectivity index (χ3n) is 4.11. The van der Waals surface area contributed by atoms with Gasteiger partial charge in [0.1, 0.15) is 0 Å². The van der Waals surface area contributed by atoms with Crippen molar-refractivity contribution in [3.05, 3.63) is 0 Å². The fraction of sp³-hybridized carbons (Fsp3) is 0.923. The first-order chi connectivity index (χ1) is 8.10. The van der Waals surface area contributed by atoms with E-state index in [4.69, 9.17) is 18.0 Å². The summed E-state index contributed by atoms with van der Waals surface area (Å²) in [6, 6.07) is 0. The number of hydrogen-bond donors (Lipinski definition) is 1. The van der Waals surface area contributed by atoms with E-state index in [1.165, 1.54) is 51.9 Å². The maximum Gasteiger partial charge on any atom is 0.0733 e. The van der Waals surface area contributed by atoms with Crippen molar-refractivity contribution < 1.29 is 0 Å². The van der Waals surface area contributed by atoms with Gasteiger partial charge in [-0.2, -0.15) is 0 Å². The second-order valence-corrected chi connectivity index (χ2v) is 6.45. The summed E-state index contributed by atoms with van der Waals surface area (Å²) in [5.74, 6) is 0. The van der Waals surface area contributed by atoms with Crippen LogP contribution in [0.5, 0.6) is 0 Å². The van der Waals surface area contributed by atoms with Gasteiger partial charge in [0.25, 0.3) is 0 Å². The van der Waals surface area contributed by atoms with Crippen molar-refractivity contribution in [3.63, 3.8) is 0 Å². The summed E-state index contributed by atoms with van der Waals surface area (Å²) in [6.07, 6.45) is 6.32. The van der Waals surface area contributed by atoms with E-state index >= 15 is 0 Å². The summed E-state index contributed by atoms with van der Waals surface area (Å²) in [5.41, 5.74) is 6.11. The Kier molecular flexibility index (Phi) is 4.39. The fourth-order valence-electron chi connectivity index (χ4n) is 2.91. The van der Waals surface area contributed by atoms with Crippen molar-refractivity contribution in [1.29, 1.82) is 0 Å². The second kappa shape index (κ2) is 5.63. The maximum absolute atomic E-state index is 5.67. The van der Waals surface area contributed by atoms with Crippen LogP contribution in [0.1, 0.15) is 32.1 Å². The molecule has 0 amide bonds. The molecule has 1 heterocycles. The van der Waals surface area contributed by atoms with Crippen molar-refractivity contribution in [2.45, 2.75) is 32.1 Å². The van der Waals surface area contributed by atoms with Crippen LogP contribution < -0.4 is 5.73 Å². The monoisotopic (exact) mass is 255 g/mol. The first kappa shape index (κ1) is 13.2. The Balaban J connectivity index is 1.66. The fourth-order valence-corrected chi connectivity index (χ4v) is 3.21. The Morgan fingerprint density at radius 2 is 2.00 bits per heavy atom. The standard InChI is InChI=1S/C13H25N3S/c1-15(8-9-16-6-2-3-7-16)11-13(4-5-13)10-12(14)17/h2-11H2,1H3,(H2,14,17). The number of likely N-dealkylation sites (N-methyl/N-ethyl adjacent to an activating group) is 1. The summed E-state index contributed by atoms with van der Waals surface area (Å²) < 4.78 is 0. The number of thiocarbonyl (C=S) groups is 1. The smallest absolute Gasteiger partial charge is 0.0733 e. The summed E-state index contributed by atoms with van der Waals surface area (Å²) >= 11 is 5.04. The molecule has 1 aliphatic carbocycles. The molecule has 2 rings (SSSR count). The molecule has 0 atom stereocenters. The largest absolute Gasteiger partial charge is 0.393 e. The Labute approximate surface area is 110 Å². The molecule has 0 unspecified atom stereocenters. The molecule has 0 bridgehead atoms. The summed E-state index contributed by atoms with van der Waals surface area (Å²) in [7, 11) is 2.23. The van der Waals surface area contributed by atoms with Gasteiger partial charge in [0.15, 0.2) is 0 Å². The molecule has 3 nitrogen and oxygen atoms in total. The summed E-state index contributed by atoms with van der Waals surface area (Å²) in [5, 5.41) is 0. The first-order valence-corrected chi connectivity index (χ1v) is 7.20. The Morgan fingerprint density at radius 1 is 1.35 bits per heavy atom. The van der Waals surface area contributed by atoms with Crippen LogP contribution in [0.2, 0.25) is 0 Å². The zero-order valence-corrected chi connectivity index (χ0v) is 11.8. The molecule has 2 fully saturated rings. The van der Waals surface area contributed by atoms with Crippen LogP contribution in [-0.4, -0.2) is 54.6 Å². The van der Waals surface area contributed by atoms with E-state index in [1.54, 1.807) is 0 Å². The summed E-state index contributed by atoms with van der Waals surface area (Å²) in [4.78, 5) is 5.73. The molecule has 0 aromatic heterocycles. The molecule has 1 saturated carbocycles. The van der Waals surface area contributed by atoms with Crippen LogP contribution in [0.3, 0.4) is 0 Å². The van der Waals surface area contributed by atoms with Crippen molar-refractivity contribution in [1.82, 2.24) is 9.80 Å². The highest BCUT2D eigenvalue weighted by Crippen LogP contribution is 2.49. The van der Waals surface area contributed by atoms with Gasteiger partial charge in [0.05, 0.1) is 4.99 Å². The maximum atomic E-state index is 5.67. The van der Waals surface area contributed by atoms with E-state index in [0.29, 0.717) is 10.4 Å². The zero-order valence-electron chi connectivity index (χ0n) is 11.0. The second-order valence-electron chi connectivity index (χ2n) is 5.93. The van der Waals surface area contributed by atoms with Gasteiger partial charge in [0.2, 0.25) is 0 Å². The van der Waals surface area contributed by atoms with E-state index in [9.17, 15) is 0 Å². The van der Waals surface area contributed by atoms with Crippen LogP contribution in [-0.2, 0) is 0 Å². The SMILES string of the molecule is CN(CCN1CCCC1)CC1(CC(N)=S)CC1. The minimum Gasteiger partial charge on any atom is -0.393 e. The quantitative estimate of drug-likeness (QED) is 0.698. The molecule has 0 aromatic rings. The Bertz CT molecular complexity index is 270. The van der Waals surface area contributed by atoms with E-state index in [2.05, 4.69) is 16.8 Å². The van der Waals surface area contributed by atoms with Crippen molar-refractivity contribution in [2.24, 2.45) is 11.1 Å². The van der Waals surface area contributed by atoms with E-state index in [0.717, 1.165) is 13.0 Å². The number of likely N-dealkylation sites (tertiary alicyclic amines) is 1. The number of hydrogen-bond acceptors (Lipinski definition) is 3. The minimum absolute atomic E-state index is 0.436. The predicted octanol–water partition coefficient (Wildman–Crippen LogP) is 1.47. The minimum atomic E-state index is 0.436. The molecule has 0 spiro atoms. The van der Waals surface area contributed by atoms with E-state index in [-0.39, 0.29) is 0 Å². The lowest BCUT2D eigenvalue weighted by molar-refractivity contribution is 0.224. The van der Waals surface area contributed by atoms with Gasteiger partial charge in [-0.25, -0.2) is 0 Å². The van der Waals surface area contributed by atoms with Gasteiger partial charge in [-0.1, -0.05) is 12.2 Å². The van der Waals surface area contributed by atoms with Gasteiger partial charge in [-0.15, -0.1) is 0 Å². The molecule has 4 heteroatoms. The molecule has 0 aromatic carbocycles. The van der Waals surface area contributed by atoms with Gasteiger partial charge < -0.3 is 15.5 Å². The topological polar surface area (TPSA) is 32.5 Å². The molecular formula is C13H25N3S. The highest BCUT2D eigenvalue weighted by molar-refractivity contribution is 7.80. The molecule has 98 valence electrons. The van der Waals surface area contributed by atoms with Crippen molar-refractivity contribution >= 4 is 17.2 Å². The van der Waals surface area contributed by atoms with Crippen molar-refractivity contribution in [2.75, 3.05) is 39.8 Å². The lowest BCUT2D eigenvalue weighted by Gasteiger charge is -2.25. The van der Waals surface area contributed by atoms with Crippen LogP contribution in [0, 0.1) is 5.41 Å². The van der Waals surface area contributed by atoms with E-state index in [1.807, 2.05) is 0 Å². The first-order valence-electron chi connectivity index (χ1n) is 6.79. The van der Waals surface area contributed by atoms with Crippen molar-refractivity contribution in [3.8, 4) is 0 Å². The molecule has 1 aliphatic heterocycles. The average molecular weight is 255 g/mol. The van der Waals surface area contributed by atoms with Crippen LogP contribution in [0.15, 0.2) is 0 Å². The normalized spacial score (nSPS) is 23.2. The van der Waals surface area contributed by atoms with Crippen LogP contribution in [0.4, 0.5) is 0 Å². The lowest BCUT2D eigenvalue weighted by Crippen LogP contribution is -2.35. The van der Waals surface area contributed by atoms with Crippen LogP contribution >= 0.6 is 12.2 Å². The number of rotatable bonds is 7. The third-order valence-corrected chi connectivity index (χ3v) is 4.25. The van der Waals surface area contributed by atoms with Gasteiger partial charge in [-0.05, 0) is 51.2 Å². The van der Waals surface area contributed by atoms with E-state index < -0.39 is 0 Å². The highest BCUT2D eigenvalue weighted by Gasteiger charge is 2.43. The molecule has 17 heavy (non-hydrogen) atoms. The number of nitrogens with zero attached hydrogens (tertiary/aromatic N) is 2. The zero-order chi connectivity index (χ0) is 12.3. The molecule has 0 radical (unpaired) electrons. The molecule has 2 aliphatic rings. The predicted molar refractivity (Wildman–Crippen MR) is 76.2 cm³/mol. The van der Waals surface area contributed by atoms with Gasteiger partial charge in [-0.3, -0.25) is 0 Å².